The third-order valence-corrected chi connectivity index (χ3v) is 3.70. The molecule has 2 nitrogen and oxygen atoms in total. The number of aliphatic imine (C=N–C) groups is 1. The Balaban J connectivity index is 0.000000878. The van der Waals surface area contributed by atoms with Gasteiger partial charge in [0.1, 0.15) is 5.75 Å². The zero-order valence-electron chi connectivity index (χ0n) is 14.3. The fourth-order valence-corrected chi connectivity index (χ4v) is 2.40. The van der Waals surface area contributed by atoms with Crippen molar-refractivity contribution >= 4 is 30.5 Å². The van der Waals surface area contributed by atoms with Crippen LogP contribution < -0.4 is 0 Å². The summed E-state index contributed by atoms with van der Waals surface area (Å²) in [5, 5.41) is 10.4. The molecule has 0 amide bonds. The summed E-state index contributed by atoms with van der Waals surface area (Å²) in [7, 11) is 9.78. The Hall–Kier alpha value is -1.79. The van der Waals surface area contributed by atoms with Gasteiger partial charge in [-0.05, 0) is 35.9 Å². The third kappa shape index (κ3) is 6.38. The van der Waals surface area contributed by atoms with Crippen molar-refractivity contribution in [3.05, 3.63) is 83.9 Å². The average molecular weight is 460 g/mol. The zero-order valence-corrected chi connectivity index (χ0v) is 17.4. The van der Waals surface area contributed by atoms with Crippen LogP contribution in [0.25, 0.3) is 11.1 Å². The summed E-state index contributed by atoms with van der Waals surface area (Å²) < 4.78 is 37.7. The monoisotopic (exact) mass is 459 g/mol. The van der Waals surface area contributed by atoms with Crippen molar-refractivity contribution in [1.29, 1.82) is 0 Å². The van der Waals surface area contributed by atoms with Crippen LogP contribution in [0.5, 0.6) is 5.75 Å². The Labute approximate surface area is 177 Å². The van der Waals surface area contributed by atoms with Crippen LogP contribution in [0.2, 0.25) is 0 Å². The van der Waals surface area contributed by atoms with E-state index >= 15 is 0 Å². The van der Waals surface area contributed by atoms with E-state index in [4.69, 9.17) is 18.6 Å². The number of aromatic hydroxyl groups is 1. The Bertz CT molecular complexity index is 917. The number of hydrogen-bond acceptors (Lipinski definition) is 2. The number of rotatable bonds is 3. The maximum absolute atomic E-state index is 12.6. The van der Waals surface area contributed by atoms with Crippen molar-refractivity contribution in [2.24, 2.45) is 4.99 Å². The van der Waals surface area contributed by atoms with Crippen LogP contribution in [-0.4, -0.2) is 11.3 Å². The van der Waals surface area contributed by atoms with Crippen molar-refractivity contribution < 1.29 is 35.3 Å². The van der Waals surface area contributed by atoms with Gasteiger partial charge in [0.05, 0.1) is 11.3 Å². The molecule has 0 aromatic heterocycles. The predicted octanol–water partition coefficient (Wildman–Crippen LogP) is 7.21. The van der Waals surface area contributed by atoms with Crippen LogP contribution >= 0.6 is 18.6 Å². The van der Waals surface area contributed by atoms with Crippen LogP contribution in [0.1, 0.15) is 11.1 Å². The summed E-state index contributed by atoms with van der Waals surface area (Å²) in [6.45, 7) is 0. The first-order valence-corrected chi connectivity index (χ1v) is 12.2. The molecule has 3 aromatic rings. The van der Waals surface area contributed by atoms with E-state index < -0.39 is 28.8 Å². The Morgan fingerprint density at radius 3 is 2.04 bits per heavy atom. The standard InChI is InChI=1S/C20H14F3NO.2ClH.Ti/c21-20(22,23)16-9-11-17(12-10-16)24-13-15-7-4-8-18(19(15)25)14-5-2-1-3-6-14;;;/h1-13,25H;2*1H;/q;;;+2/p-2. The van der Waals surface area contributed by atoms with Gasteiger partial charge in [-0.2, -0.15) is 13.2 Å². The molecule has 0 unspecified atom stereocenters. The Morgan fingerprint density at radius 2 is 1.46 bits per heavy atom. The van der Waals surface area contributed by atoms with Gasteiger partial charge in [0.15, 0.2) is 0 Å². The molecule has 0 spiro atoms. The first-order chi connectivity index (χ1) is 13.4. The molecular weight excluding hydrogens is 446 g/mol. The van der Waals surface area contributed by atoms with Gasteiger partial charge in [-0.15, -0.1) is 0 Å². The van der Waals surface area contributed by atoms with Gasteiger partial charge >= 0.3 is 41.8 Å². The molecule has 0 heterocycles. The minimum absolute atomic E-state index is 0.0735. The molecule has 0 aliphatic rings. The molecule has 0 aliphatic carbocycles. The van der Waals surface area contributed by atoms with E-state index in [9.17, 15) is 18.3 Å². The molecule has 0 fully saturated rings. The van der Waals surface area contributed by atoms with Crippen molar-refractivity contribution in [2.45, 2.75) is 6.18 Å². The number of halogens is 5. The summed E-state index contributed by atoms with van der Waals surface area (Å²) in [5.41, 5.74) is 1.67. The molecule has 8 heteroatoms. The van der Waals surface area contributed by atoms with Gasteiger partial charge in [0.2, 0.25) is 0 Å². The summed E-state index contributed by atoms with van der Waals surface area (Å²) in [6, 6.07) is 19.2. The van der Waals surface area contributed by atoms with E-state index in [1.165, 1.54) is 18.3 Å². The quantitative estimate of drug-likeness (QED) is 0.325. The molecule has 3 aromatic carbocycles. The average Bonchev–Trinajstić information content (AvgIpc) is 2.68. The van der Waals surface area contributed by atoms with E-state index in [-0.39, 0.29) is 5.75 Å². The van der Waals surface area contributed by atoms with Crippen molar-refractivity contribution in [3.8, 4) is 16.9 Å². The van der Waals surface area contributed by atoms with Crippen LogP contribution in [0.3, 0.4) is 0 Å². The minimum atomic E-state index is -4.37. The second-order valence-corrected chi connectivity index (χ2v) is 8.06. The normalized spacial score (nSPS) is 11.0. The first-order valence-electron chi connectivity index (χ1n) is 7.92. The number of phenolic OH excluding ortho intramolecular Hbond substituents is 1. The fourth-order valence-electron chi connectivity index (χ4n) is 2.40. The predicted molar refractivity (Wildman–Crippen MR) is 104 cm³/mol. The van der Waals surface area contributed by atoms with Gasteiger partial charge in [0.25, 0.3) is 0 Å². The first kappa shape index (κ1) is 22.5. The van der Waals surface area contributed by atoms with E-state index in [1.54, 1.807) is 18.2 Å². The summed E-state index contributed by atoms with van der Waals surface area (Å²) in [5.74, 6) is 0.0735. The molecule has 0 atom stereocenters. The van der Waals surface area contributed by atoms with Crippen molar-refractivity contribution in [1.82, 2.24) is 0 Å². The molecule has 0 saturated carbocycles. The van der Waals surface area contributed by atoms with E-state index in [1.807, 2.05) is 30.3 Å². The van der Waals surface area contributed by atoms with Crippen molar-refractivity contribution in [2.75, 3.05) is 0 Å². The molecule has 0 saturated heterocycles. The number of nitrogens with zero attached hydrogens (tertiary/aromatic N) is 1. The van der Waals surface area contributed by atoms with Crippen molar-refractivity contribution in [3.63, 3.8) is 0 Å². The van der Waals surface area contributed by atoms with Crippen LogP contribution in [0, 0.1) is 0 Å². The maximum atomic E-state index is 12.6. The Kier molecular flexibility index (Phi) is 8.58. The molecule has 28 heavy (non-hydrogen) atoms. The van der Waals surface area contributed by atoms with Gasteiger partial charge in [-0.25, -0.2) is 0 Å². The number of alkyl halides is 3. The van der Waals surface area contributed by atoms with Gasteiger partial charge in [0, 0.05) is 17.3 Å². The third-order valence-electron chi connectivity index (χ3n) is 3.70. The molecule has 0 bridgehead atoms. The Morgan fingerprint density at radius 1 is 0.857 bits per heavy atom. The molecule has 0 radical (unpaired) electrons. The van der Waals surface area contributed by atoms with Crippen LogP contribution in [-0.2, 0) is 23.2 Å². The summed E-state index contributed by atoms with van der Waals surface area (Å²) in [4.78, 5) is 4.14. The topological polar surface area (TPSA) is 32.6 Å². The van der Waals surface area contributed by atoms with Gasteiger partial charge < -0.3 is 5.11 Å². The van der Waals surface area contributed by atoms with E-state index in [0.717, 1.165) is 17.7 Å². The number of hydrogen-bond donors (Lipinski definition) is 1. The molecule has 3 rings (SSSR count). The number of phenols is 1. The summed E-state index contributed by atoms with van der Waals surface area (Å²) >= 11 is -0.556. The SMILES string of the molecule is Oc1c(C=Nc2ccc(C(F)(F)F)cc2)cccc1-c1ccccc1.[Cl][Ti][Cl]. The molecular formula is C20H14Cl2F3NOTi. The molecule has 144 valence electrons. The van der Waals surface area contributed by atoms with Gasteiger partial charge in [-0.1, -0.05) is 42.5 Å². The number of benzene rings is 3. The molecule has 0 aliphatic heterocycles. The van der Waals surface area contributed by atoms with E-state index in [0.29, 0.717) is 16.8 Å². The van der Waals surface area contributed by atoms with Gasteiger partial charge in [-0.3, -0.25) is 4.99 Å². The molecule has 1 N–H and O–H groups in total. The van der Waals surface area contributed by atoms with Crippen LogP contribution in [0.15, 0.2) is 77.8 Å². The zero-order chi connectivity index (χ0) is 20.6. The van der Waals surface area contributed by atoms with Crippen LogP contribution in [0.4, 0.5) is 18.9 Å². The van der Waals surface area contributed by atoms with E-state index in [2.05, 4.69) is 4.99 Å². The number of para-hydroxylation sites is 1. The second-order valence-electron chi connectivity index (χ2n) is 5.48. The fraction of sp³-hybridized carbons (Fsp3) is 0.0500. The summed E-state index contributed by atoms with van der Waals surface area (Å²) in [6.07, 6.45) is -2.94. The second kappa shape index (κ2) is 10.7.